The number of hydrogen-bond acceptors (Lipinski definition) is 1. The van der Waals surface area contributed by atoms with Gasteiger partial charge in [-0.25, -0.2) is 0 Å². The molecule has 3 aliphatic rings. The second-order valence-corrected chi connectivity index (χ2v) is 10.2. The van der Waals surface area contributed by atoms with Crippen molar-refractivity contribution in [3.05, 3.63) is 0 Å². The molecule has 1 N–H and O–H groups in total. The summed E-state index contributed by atoms with van der Waals surface area (Å²) in [6, 6.07) is 0. The molecule has 0 amide bonds. The molecule has 6 atom stereocenters. The van der Waals surface area contributed by atoms with Crippen molar-refractivity contribution in [2.45, 2.75) is 99.3 Å². The highest BCUT2D eigenvalue weighted by Gasteiger charge is 2.60. The number of fused-ring (bicyclic) bond motifs is 3. The molecule has 3 aliphatic carbocycles. The summed E-state index contributed by atoms with van der Waals surface area (Å²) in [5, 5.41) is 7.00. The van der Waals surface area contributed by atoms with Crippen LogP contribution in [-0.4, -0.2) is 12.2 Å². The van der Waals surface area contributed by atoms with Crippen LogP contribution in [0.25, 0.3) is 0 Å². The van der Waals surface area contributed by atoms with Gasteiger partial charge >= 0.3 is 0 Å². The predicted molar refractivity (Wildman–Crippen MR) is 105 cm³/mol. The van der Waals surface area contributed by atoms with Crippen molar-refractivity contribution in [2.75, 3.05) is 7.11 Å². The smallest absolute Gasteiger partial charge is 0.0319 e. The van der Waals surface area contributed by atoms with Crippen LogP contribution in [0, 0.1) is 39.9 Å². The summed E-state index contributed by atoms with van der Waals surface area (Å²) in [6.07, 6.45) is 13.4. The Morgan fingerprint density at radius 3 is 2.12 bits per heavy atom. The Morgan fingerprint density at radius 2 is 1.54 bits per heavy atom. The second-order valence-electron chi connectivity index (χ2n) is 10.2. The zero-order valence-electron chi connectivity index (χ0n) is 17.6. The summed E-state index contributed by atoms with van der Waals surface area (Å²) in [6.45, 7) is 15.4. The normalized spacial score (nSPS) is 48.1. The van der Waals surface area contributed by atoms with Crippen LogP contribution in [0.4, 0.5) is 0 Å². The van der Waals surface area contributed by atoms with Crippen LogP contribution in [0.15, 0.2) is 0 Å². The van der Waals surface area contributed by atoms with Crippen LogP contribution < -0.4 is 0 Å². The summed E-state index contributed by atoms with van der Waals surface area (Å²) in [5.41, 5.74) is 1.88. The van der Waals surface area contributed by atoms with Crippen LogP contribution >= 0.6 is 0 Å². The van der Waals surface area contributed by atoms with Crippen molar-refractivity contribution in [1.29, 1.82) is 0 Å². The molecule has 3 rings (SSSR count). The zero-order chi connectivity index (χ0) is 18.2. The molecule has 0 saturated heterocycles. The number of aliphatic hydroxyl groups excluding tert-OH is 1. The second kappa shape index (κ2) is 7.29. The minimum Gasteiger partial charge on any atom is -0.400 e. The van der Waals surface area contributed by atoms with Gasteiger partial charge in [0.1, 0.15) is 0 Å². The Kier molecular flexibility index (Phi) is 6.16. The van der Waals surface area contributed by atoms with Gasteiger partial charge in [-0.2, -0.15) is 0 Å². The molecule has 3 saturated carbocycles. The van der Waals surface area contributed by atoms with E-state index in [2.05, 4.69) is 41.5 Å². The number of hydrogen-bond donors (Lipinski definition) is 1. The molecule has 0 aromatic rings. The molecule has 142 valence electrons. The van der Waals surface area contributed by atoms with Crippen molar-refractivity contribution in [3.8, 4) is 0 Å². The van der Waals surface area contributed by atoms with Gasteiger partial charge in [0.05, 0.1) is 0 Å². The fourth-order valence-electron chi connectivity index (χ4n) is 7.44. The van der Waals surface area contributed by atoms with Gasteiger partial charge in [0.15, 0.2) is 0 Å². The molecule has 0 heterocycles. The largest absolute Gasteiger partial charge is 0.400 e. The third kappa shape index (κ3) is 2.87. The fourth-order valence-corrected chi connectivity index (χ4v) is 7.44. The summed E-state index contributed by atoms with van der Waals surface area (Å²) >= 11 is 0. The summed E-state index contributed by atoms with van der Waals surface area (Å²) in [7, 11) is 1.00. The molecule has 0 aliphatic heterocycles. The highest BCUT2D eigenvalue weighted by molar-refractivity contribution is 5.09. The average Bonchev–Trinajstić information content (AvgIpc) is 2.57. The van der Waals surface area contributed by atoms with Gasteiger partial charge in [0.25, 0.3) is 0 Å². The summed E-state index contributed by atoms with van der Waals surface area (Å²) in [5.74, 6) is 3.84. The Bertz CT molecular complexity index is 416. The first-order valence-electron chi connectivity index (χ1n) is 10.7. The molecule has 0 radical (unpaired) electrons. The van der Waals surface area contributed by atoms with E-state index in [9.17, 15) is 0 Å². The Morgan fingerprint density at radius 1 is 0.917 bits per heavy atom. The molecule has 0 aromatic heterocycles. The van der Waals surface area contributed by atoms with E-state index in [1.165, 1.54) is 57.8 Å². The van der Waals surface area contributed by atoms with Crippen molar-refractivity contribution >= 4 is 0 Å². The lowest BCUT2D eigenvalue weighted by Gasteiger charge is -2.65. The van der Waals surface area contributed by atoms with Crippen LogP contribution in [-0.2, 0) is 0 Å². The molecule has 24 heavy (non-hydrogen) atoms. The van der Waals surface area contributed by atoms with Crippen molar-refractivity contribution in [3.63, 3.8) is 0 Å². The molecule has 1 nitrogen and oxygen atoms in total. The molecular formula is C23H44O. The number of aliphatic hydroxyl groups is 1. The molecule has 6 unspecified atom stereocenters. The first-order valence-corrected chi connectivity index (χ1v) is 10.7. The summed E-state index contributed by atoms with van der Waals surface area (Å²) < 4.78 is 0. The minimum absolute atomic E-state index is 0.592. The van der Waals surface area contributed by atoms with Gasteiger partial charge in [-0.3, -0.25) is 0 Å². The molecule has 0 bridgehead atoms. The van der Waals surface area contributed by atoms with E-state index in [0.29, 0.717) is 16.2 Å². The van der Waals surface area contributed by atoms with E-state index in [4.69, 9.17) is 5.11 Å². The Labute approximate surface area is 152 Å². The molecule has 0 aromatic carbocycles. The molecular weight excluding hydrogens is 292 g/mol. The lowest BCUT2D eigenvalue weighted by Crippen LogP contribution is -2.57. The van der Waals surface area contributed by atoms with Gasteiger partial charge in [-0.05, 0) is 78.4 Å². The quantitative estimate of drug-likeness (QED) is 0.595. The van der Waals surface area contributed by atoms with Crippen LogP contribution in [0.5, 0.6) is 0 Å². The fraction of sp³-hybridized carbons (Fsp3) is 1.00. The standard InChI is InChI=1S/C22H40.CH4O/c1-7-18-17-10-14-20(4)12-8-9-13-22(20,6)19(17)11-15-21(18,5)16(2)3;1-2/h16-19H,7-15H2,1-6H3;2H,1H3. The van der Waals surface area contributed by atoms with Gasteiger partial charge < -0.3 is 5.11 Å². The minimum atomic E-state index is 0.592. The zero-order valence-corrected chi connectivity index (χ0v) is 17.6. The Hall–Kier alpha value is -0.0400. The first kappa shape index (κ1) is 20.3. The lowest BCUT2D eigenvalue weighted by molar-refractivity contribution is -0.161. The molecule has 0 spiro atoms. The Balaban J connectivity index is 0.00000100. The van der Waals surface area contributed by atoms with Gasteiger partial charge in [-0.15, -0.1) is 0 Å². The van der Waals surface area contributed by atoms with Crippen LogP contribution in [0.3, 0.4) is 0 Å². The topological polar surface area (TPSA) is 20.2 Å². The summed E-state index contributed by atoms with van der Waals surface area (Å²) in [4.78, 5) is 0. The molecule has 1 heteroatoms. The maximum absolute atomic E-state index is 7.00. The van der Waals surface area contributed by atoms with Crippen LogP contribution in [0.2, 0.25) is 0 Å². The third-order valence-corrected chi connectivity index (χ3v) is 9.53. The van der Waals surface area contributed by atoms with Crippen molar-refractivity contribution < 1.29 is 5.11 Å². The predicted octanol–water partition coefficient (Wildman–Crippen LogP) is 6.69. The van der Waals surface area contributed by atoms with Gasteiger partial charge in [0, 0.05) is 7.11 Å². The molecule has 3 fully saturated rings. The monoisotopic (exact) mass is 336 g/mol. The van der Waals surface area contributed by atoms with E-state index in [0.717, 1.165) is 30.8 Å². The van der Waals surface area contributed by atoms with Crippen molar-refractivity contribution in [2.24, 2.45) is 39.9 Å². The third-order valence-electron chi connectivity index (χ3n) is 9.53. The van der Waals surface area contributed by atoms with Crippen molar-refractivity contribution in [1.82, 2.24) is 0 Å². The van der Waals surface area contributed by atoms with E-state index in [-0.39, 0.29) is 0 Å². The SMILES string of the molecule is CCC1C2CCC3(C)CCCCC3(C)C2CCC1(C)C(C)C.CO. The highest BCUT2D eigenvalue weighted by atomic mass is 16.2. The average molecular weight is 337 g/mol. The highest BCUT2D eigenvalue weighted by Crippen LogP contribution is 2.68. The van der Waals surface area contributed by atoms with Gasteiger partial charge in [-0.1, -0.05) is 60.8 Å². The number of rotatable bonds is 2. The van der Waals surface area contributed by atoms with E-state index < -0.39 is 0 Å². The maximum atomic E-state index is 7.00. The maximum Gasteiger partial charge on any atom is 0.0319 e. The lowest BCUT2D eigenvalue weighted by atomic mass is 9.39. The van der Waals surface area contributed by atoms with Crippen LogP contribution in [0.1, 0.15) is 99.3 Å². The first-order chi connectivity index (χ1) is 11.3. The van der Waals surface area contributed by atoms with E-state index in [1.807, 2.05) is 0 Å². The van der Waals surface area contributed by atoms with E-state index >= 15 is 0 Å². The van der Waals surface area contributed by atoms with Gasteiger partial charge in [0.2, 0.25) is 0 Å². The van der Waals surface area contributed by atoms with E-state index in [1.54, 1.807) is 0 Å².